The fraction of sp³-hybridized carbons (Fsp3) is 0.238. The van der Waals surface area contributed by atoms with E-state index in [9.17, 15) is 18.0 Å². The summed E-state index contributed by atoms with van der Waals surface area (Å²) in [5.74, 6) is 0.164. The monoisotopic (exact) mass is 414 g/mol. The van der Waals surface area contributed by atoms with Gasteiger partial charge in [0.2, 0.25) is 5.91 Å². The average molecular weight is 414 g/mol. The van der Waals surface area contributed by atoms with Crippen LogP contribution in [0.1, 0.15) is 25.2 Å². The van der Waals surface area contributed by atoms with Crippen LogP contribution < -0.4 is 9.64 Å². The summed E-state index contributed by atoms with van der Waals surface area (Å²) < 4.78 is 41.1. The first-order valence-corrected chi connectivity index (χ1v) is 9.06. The minimum absolute atomic E-state index is 0.207. The van der Waals surface area contributed by atoms with Crippen molar-refractivity contribution in [3.63, 3.8) is 0 Å². The van der Waals surface area contributed by atoms with Crippen molar-refractivity contribution in [2.24, 2.45) is 0 Å². The lowest BCUT2D eigenvalue weighted by Crippen LogP contribution is -2.33. The van der Waals surface area contributed by atoms with Gasteiger partial charge in [0.1, 0.15) is 17.4 Å². The highest BCUT2D eigenvalue weighted by molar-refractivity contribution is 6.12. The molecule has 0 radical (unpaired) electrons. The molecule has 0 N–H and O–H groups in total. The molecule has 3 aromatic rings. The summed E-state index contributed by atoms with van der Waals surface area (Å²) >= 11 is 0. The van der Waals surface area contributed by atoms with Crippen molar-refractivity contribution in [3.05, 3.63) is 60.3 Å². The lowest BCUT2D eigenvalue weighted by atomic mass is 9.85. The van der Waals surface area contributed by atoms with Crippen molar-refractivity contribution in [1.82, 2.24) is 15.0 Å². The number of fused-ring (bicyclic) bond motifs is 1. The maximum atomic E-state index is 13.1. The van der Waals surface area contributed by atoms with Crippen molar-refractivity contribution in [2.75, 3.05) is 4.90 Å². The van der Waals surface area contributed by atoms with Gasteiger partial charge < -0.3 is 4.74 Å². The molecule has 0 bridgehead atoms. The second-order valence-corrected chi connectivity index (χ2v) is 7.42. The number of halogens is 3. The minimum Gasteiger partial charge on any atom is -0.404 e. The zero-order valence-corrected chi connectivity index (χ0v) is 16.4. The normalized spacial score (nSPS) is 15.3. The summed E-state index contributed by atoms with van der Waals surface area (Å²) in [6, 6.07) is 8.04. The van der Waals surface area contributed by atoms with Crippen LogP contribution >= 0.6 is 0 Å². The number of anilines is 2. The Balaban J connectivity index is 1.76. The van der Waals surface area contributed by atoms with E-state index in [1.165, 1.54) is 11.0 Å². The molecule has 4 rings (SSSR count). The van der Waals surface area contributed by atoms with Gasteiger partial charge in [0.05, 0.1) is 17.3 Å². The van der Waals surface area contributed by atoms with E-state index in [1.807, 2.05) is 18.2 Å². The molecule has 0 aliphatic carbocycles. The number of carbonyl (C=O) groups is 1. The highest BCUT2D eigenvalue weighted by Gasteiger charge is 2.45. The molecule has 6 nitrogen and oxygen atoms in total. The number of rotatable bonds is 3. The van der Waals surface area contributed by atoms with E-state index < -0.39 is 17.5 Å². The zero-order valence-electron chi connectivity index (χ0n) is 16.4. The summed E-state index contributed by atoms with van der Waals surface area (Å²) in [5, 5.41) is 0. The standard InChI is InChI=1S/C21H17F3N4O2/c1-12-25-9-14(10-26-12)13-4-6-16-17(8-13)28(19(29)20(16,2)3)18-7-5-15(11-27-18)30-21(22,23)24/h4-11H,1-3H3. The maximum Gasteiger partial charge on any atom is 0.573 e. The molecular weight excluding hydrogens is 397 g/mol. The van der Waals surface area contributed by atoms with Crippen LogP contribution in [0.25, 0.3) is 11.1 Å². The number of nitrogens with zero attached hydrogens (tertiary/aromatic N) is 4. The SMILES string of the molecule is Cc1ncc(-c2ccc3c(c2)N(c2ccc(OC(F)(F)F)cn2)C(=O)C3(C)C)cn1. The van der Waals surface area contributed by atoms with Crippen LogP contribution in [0.5, 0.6) is 5.75 Å². The van der Waals surface area contributed by atoms with E-state index in [1.54, 1.807) is 33.2 Å². The quantitative estimate of drug-likeness (QED) is 0.621. The number of aryl methyl sites for hydroxylation is 1. The number of benzene rings is 1. The number of hydrogen-bond donors (Lipinski definition) is 0. The van der Waals surface area contributed by atoms with Crippen molar-refractivity contribution in [1.29, 1.82) is 0 Å². The molecule has 1 aliphatic heterocycles. The van der Waals surface area contributed by atoms with E-state index in [0.29, 0.717) is 11.5 Å². The Bertz CT molecular complexity index is 1110. The van der Waals surface area contributed by atoms with Gasteiger partial charge in [0, 0.05) is 18.0 Å². The highest BCUT2D eigenvalue weighted by atomic mass is 19.4. The van der Waals surface area contributed by atoms with Gasteiger partial charge in [-0.1, -0.05) is 12.1 Å². The largest absolute Gasteiger partial charge is 0.573 e. The molecular formula is C21H17F3N4O2. The molecule has 3 heterocycles. The average Bonchev–Trinajstić information content (AvgIpc) is 2.88. The van der Waals surface area contributed by atoms with Crippen LogP contribution in [-0.4, -0.2) is 27.2 Å². The molecule has 0 saturated carbocycles. The van der Waals surface area contributed by atoms with Crippen molar-refractivity contribution < 1.29 is 22.7 Å². The second kappa shape index (κ2) is 6.79. The lowest BCUT2D eigenvalue weighted by Gasteiger charge is -2.20. The van der Waals surface area contributed by atoms with Crippen LogP contribution in [0.15, 0.2) is 48.9 Å². The van der Waals surface area contributed by atoms with E-state index in [-0.39, 0.29) is 11.7 Å². The number of aromatic nitrogens is 3. The van der Waals surface area contributed by atoms with Crippen LogP contribution in [0.2, 0.25) is 0 Å². The van der Waals surface area contributed by atoms with Crippen molar-refractivity contribution in [2.45, 2.75) is 32.5 Å². The number of pyridine rings is 1. The van der Waals surface area contributed by atoms with Gasteiger partial charge in [0.25, 0.3) is 0 Å². The summed E-state index contributed by atoms with van der Waals surface area (Å²) in [6.45, 7) is 5.38. The van der Waals surface area contributed by atoms with E-state index in [4.69, 9.17) is 0 Å². The van der Waals surface area contributed by atoms with Crippen LogP contribution in [0.3, 0.4) is 0 Å². The maximum absolute atomic E-state index is 13.1. The first-order chi connectivity index (χ1) is 14.1. The van der Waals surface area contributed by atoms with Crippen molar-refractivity contribution >= 4 is 17.4 Å². The predicted molar refractivity (Wildman–Crippen MR) is 103 cm³/mol. The molecule has 30 heavy (non-hydrogen) atoms. The van der Waals surface area contributed by atoms with Gasteiger partial charge >= 0.3 is 6.36 Å². The Hall–Kier alpha value is -3.49. The summed E-state index contributed by atoms with van der Waals surface area (Å²) in [6.07, 6.45) is -0.485. The van der Waals surface area contributed by atoms with E-state index in [2.05, 4.69) is 19.7 Å². The predicted octanol–water partition coefficient (Wildman–Crippen LogP) is 4.70. The van der Waals surface area contributed by atoms with Crippen LogP contribution in [0.4, 0.5) is 24.7 Å². The second-order valence-electron chi connectivity index (χ2n) is 7.42. The number of amides is 1. The number of ether oxygens (including phenoxy) is 1. The molecule has 0 unspecified atom stereocenters. The zero-order chi connectivity index (χ0) is 21.7. The summed E-state index contributed by atoms with van der Waals surface area (Å²) in [7, 11) is 0. The van der Waals surface area contributed by atoms with Gasteiger partial charge in [-0.3, -0.25) is 9.69 Å². The molecule has 0 spiro atoms. The van der Waals surface area contributed by atoms with E-state index in [0.717, 1.165) is 29.0 Å². The Morgan fingerprint density at radius 1 is 0.967 bits per heavy atom. The summed E-state index contributed by atoms with van der Waals surface area (Å²) in [5.41, 5.74) is 2.17. The number of alkyl halides is 3. The molecule has 1 aliphatic rings. The van der Waals surface area contributed by atoms with E-state index >= 15 is 0 Å². The van der Waals surface area contributed by atoms with Gasteiger partial charge in [-0.2, -0.15) is 0 Å². The van der Waals surface area contributed by atoms with Gasteiger partial charge in [-0.15, -0.1) is 13.2 Å². The number of carbonyl (C=O) groups excluding carboxylic acids is 1. The third-order valence-corrected chi connectivity index (χ3v) is 4.95. The first kappa shape index (κ1) is 19.8. The Morgan fingerprint density at radius 2 is 1.67 bits per heavy atom. The topological polar surface area (TPSA) is 68.2 Å². The molecule has 1 aromatic carbocycles. The van der Waals surface area contributed by atoms with Crippen molar-refractivity contribution in [3.8, 4) is 16.9 Å². The number of hydrogen-bond acceptors (Lipinski definition) is 5. The highest BCUT2D eigenvalue weighted by Crippen LogP contribution is 2.46. The smallest absolute Gasteiger partial charge is 0.404 e. The Kier molecular flexibility index (Phi) is 4.48. The molecule has 0 fully saturated rings. The van der Waals surface area contributed by atoms with Gasteiger partial charge in [-0.25, -0.2) is 15.0 Å². The summed E-state index contributed by atoms with van der Waals surface area (Å²) in [4.78, 5) is 27.0. The van der Waals surface area contributed by atoms with Gasteiger partial charge in [-0.05, 0) is 50.1 Å². The molecule has 0 saturated heterocycles. The van der Waals surface area contributed by atoms with Gasteiger partial charge in [0.15, 0.2) is 0 Å². The molecule has 154 valence electrons. The Labute approximate surface area is 170 Å². The minimum atomic E-state index is -4.81. The fourth-order valence-corrected chi connectivity index (χ4v) is 3.40. The van der Waals surface area contributed by atoms with Crippen LogP contribution in [-0.2, 0) is 10.2 Å². The molecule has 9 heteroatoms. The lowest BCUT2D eigenvalue weighted by molar-refractivity contribution is -0.274. The van der Waals surface area contributed by atoms with Crippen LogP contribution in [0, 0.1) is 6.92 Å². The third kappa shape index (κ3) is 3.47. The third-order valence-electron chi connectivity index (χ3n) is 4.95. The molecule has 0 atom stereocenters. The fourth-order valence-electron chi connectivity index (χ4n) is 3.40. The Morgan fingerprint density at radius 3 is 2.27 bits per heavy atom. The first-order valence-electron chi connectivity index (χ1n) is 9.06. The molecule has 2 aromatic heterocycles. The molecule has 1 amide bonds.